The number of aliphatic imine (C=N–C) groups is 2. The Morgan fingerprint density at radius 1 is 0.952 bits per heavy atom. The number of hydrogen-bond donors (Lipinski definition) is 0. The van der Waals surface area contributed by atoms with Gasteiger partial charge in [0.1, 0.15) is 0 Å². The molecule has 0 aliphatic heterocycles. The molecule has 0 heterocycles. The van der Waals surface area contributed by atoms with Crippen molar-refractivity contribution in [2.45, 2.75) is 76.8 Å². The van der Waals surface area contributed by atoms with Crippen molar-refractivity contribution >= 4 is 12.2 Å². The van der Waals surface area contributed by atoms with Gasteiger partial charge in [-0.15, -0.1) is 0 Å². The minimum absolute atomic E-state index is 0.197. The highest BCUT2D eigenvalue weighted by Crippen LogP contribution is 2.38. The van der Waals surface area contributed by atoms with Crippen LogP contribution in [0.15, 0.2) is 9.98 Å². The highest BCUT2D eigenvalue weighted by Gasteiger charge is 2.29. The highest BCUT2D eigenvalue weighted by atomic mass is 16.1. The molecule has 5 unspecified atom stereocenters. The van der Waals surface area contributed by atoms with Crippen LogP contribution in [0.2, 0.25) is 0 Å². The van der Waals surface area contributed by atoms with Crippen LogP contribution in [0.4, 0.5) is 0 Å². The summed E-state index contributed by atoms with van der Waals surface area (Å²) in [5.74, 6) is 2.03. The zero-order chi connectivity index (χ0) is 15.1. The van der Waals surface area contributed by atoms with E-state index in [0.29, 0.717) is 17.8 Å². The van der Waals surface area contributed by atoms with Crippen molar-refractivity contribution < 1.29 is 9.59 Å². The van der Waals surface area contributed by atoms with E-state index in [9.17, 15) is 9.59 Å². The molecule has 0 aromatic rings. The summed E-state index contributed by atoms with van der Waals surface area (Å²) in [6.07, 6.45) is 13.7. The standard InChI is InChI=1S/C17H26N2O2/c1-13(15-5-3-7-17(10-15)19-12-21)8-14-4-2-6-16(9-14)18-11-20/h13-17H,2-10H2,1H3. The van der Waals surface area contributed by atoms with E-state index < -0.39 is 0 Å². The van der Waals surface area contributed by atoms with Crippen LogP contribution in [0.25, 0.3) is 0 Å². The summed E-state index contributed by atoms with van der Waals surface area (Å²) < 4.78 is 0. The van der Waals surface area contributed by atoms with Gasteiger partial charge < -0.3 is 0 Å². The summed E-state index contributed by atoms with van der Waals surface area (Å²) in [5, 5.41) is 0. The van der Waals surface area contributed by atoms with E-state index in [0.717, 1.165) is 25.7 Å². The Bertz CT molecular complexity index is 425. The summed E-state index contributed by atoms with van der Waals surface area (Å²) in [7, 11) is 0. The molecule has 0 amide bonds. The lowest BCUT2D eigenvalue weighted by Crippen LogP contribution is -2.27. The summed E-state index contributed by atoms with van der Waals surface area (Å²) in [6, 6.07) is 0.398. The van der Waals surface area contributed by atoms with Crippen LogP contribution in [0.3, 0.4) is 0 Å². The second-order valence-corrected chi connectivity index (χ2v) is 6.92. The molecule has 0 N–H and O–H groups in total. The number of hydrogen-bond acceptors (Lipinski definition) is 4. The van der Waals surface area contributed by atoms with Gasteiger partial charge in [0.2, 0.25) is 12.2 Å². The van der Waals surface area contributed by atoms with Crippen LogP contribution in [0, 0.1) is 17.8 Å². The van der Waals surface area contributed by atoms with E-state index in [1.54, 1.807) is 12.2 Å². The first-order valence-corrected chi connectivity index (χ1v) is 8.37. The first-order valence-electron chi connectivity index (χ1n) is 8.37. The van der Waals surface area contributed by atoms with Gasteiger partial charge in [0.05, 0.1) is 12.1 Å². The van der Waals surface area contributed by atoms with Crippen molar-refractivity contribution in [3.63, 3.8) is 0 Å². The van der Waals surface area contributed by atoms with Crippen LogP contribution >= 0.6 is 0 Å². The van der Waals surface area contributed by atoms with Gasteiger partial charge in [-0.3, -0.25) is 0 Å². The predicted molar refractivity (Wildman–Crippen MR) is 81.5 cm³/mol. The molecular formula is C17H26N2O2. The summed E-state index contributed by atoms with van der Waals surface area (Å²) in [4.78, 5) is 28.7. The summed E-state index contributed by atoms with van der Waals surface area (Å²) in [5.41, 5.74) is 0. The predicted octanol–water partition coefficient (Wildman–Crippen LogP) is 3.80. The molecule has 0 spiro atoms. The Morgan fingerprint density at radius 3 is 2.24 bits per heavy atom. The lowest BCUT2D eigenvalue weighted by Gasteiger charge is -2.34. The lowest BCUT2D eigenvalue weighted by molar-refractivity contribution is 0.187. The van der Waals surface area contributed by atoms with Crippen molar-refractivity contribution in [2.75, 3.05) is 0 Å². The van der Waals surface area contributed by atoms with Gasteiger partial charge in [-0.05, 0) is 49.9 Å². The Morgan fingerprint density at radius 2 is 1.57 bits per heavy atom. The van der Waals surface area contributed by atoms with E-state index in [2.05, 4.69) is 16.9 Å². The minimum atomic E-state index is 0.197. The highest BCUT2D eigenvalue weighted by molar-refractivity contribution is 5.33. The fourth-order valence-electron chi connectivity index (χ4n) is 4.30. The molecule has 5 atom stereocenters. The Balaban J connectivity index is 1.84. The van der Waals surface area contributed by atoms with Crippen LogP contribution in [0.5, 0.6) is 0 Å². The Kier molecular flexibility index (Phi) is 6.35. The van der Waals surface area contributed by atoms with Gasteiger partial charge in [-0.1, -0.05) is 32.6 Å². The monoisotopic (exact) mass is 290 g/mol. The van der Waals surface area contributed by atoms with Gasteiger partial charge in [0, 0.05) is 0 Å². The molecular weight excluding hydrogens is 264 g/mol. The molecule has 2 aliphatic rings. The van der Waals surface area contributed by atoms with Crippen molar-refractivity contribution in [1.82, 2.24) is 0 Å². The lowest BCUT2D eigenvalue weighted by atomic mass is 9.73. The third-order valence-electron chi connectivity index (χ3n) is 5.42. The van der Waals surface area contributed by atoms with Crippen molar-refractivity contribution in [3.8, 4) is 0 Å². The minimum Gasteiger partial charge on any atom is -0.211 e. The third-order valence-corrected chi connectivity index (χ3v) is 5.42. The zero-order valence-electron chi connectivity index (χ0n) is 13.0. The molecule has 2 aliphatic carbocycles. The molecule has 116 valence electrons. The maximum Gasteiger partial charge on any atom is 0.235 e. The molecule has 2 rings (SSSR count). The summed E-state index contributed by atoms with van der Waals surface area (Å²) >= 11 is 0. The second kappa shape index (κ2) is 8.26. The summed E-state index contributed by atoms with van der Waals surface area (Å²) in [6.45, 7) is 2.34. The first-order chi connectivity index (χ1) is 10.2. The molecule has 0 bridgehead atoms. The van der Waals surface area contributed by atoms with E-state index in [1.165, 1.54) is 32.1 Å². The third kappa shape index (κ3) is 4.91. The second-order valence-electron chi connectivity index (χ2n) is 6.92. The molecule has 21 heavy (non-hydrogen) atoms. The zero-order valence-corrected chi connectivity index (χ0v) is 13.0. The van der Waals surface area contributed by atoms with E-state index in [-0.39, 0.29) is 12.1 Å². The normalized spacial score (nSPS) is 34.3. The van der Waals surface area contributed by atoms with Crippen LogP contribution in [0.1, 0.15) is 64.7 Å². The van der Waals surface area contributed by atoms with E-state index in [4.69, 9.17) is 0 Å². The van der Waals surface area contributed by atoms with Crippen molar-refractivity contribution in [3.05, 3.63) is 0 Å². The van der Waals surface area contributed by atoms with E-state index in [1.807, 2.05) is 0 Å². The van der Waals surface area contributed by atoms with Crippen LogP contribution in [-0.4, -0.2) is 24.2 Å². The van der Waals surface area contributed by atoms with Gasteiger partial charge in [-0.2, -0.15) is 0 Å². The van der Waals surface area contributed by atoms with Gasteiger partial charge in [-0.25, -0.2) is 19.6 Å². The molecule has 0 saturated heterocycles. The van der Waals surface area contributed by atoms with Crippen molar-refractivity contribution in [2.24, 2.45) is 27.7 Å². The SMILES string of the molecule is CC(CC1CCCC(N=C=O)C1)C1CCCC(N=C=O)C1. The Labute approximate surface area is 127 Å². The molecule has 2 fully saturated rings. The maximum atomic E-state index is 10.4. The Hall–Kier alpha value is -1.24. The molecule has 0 aromatic heterocycles. The van der Waals surface area contributed by atoms with E-state index >= 15 is 0 Å². The van der Waals surface area contributed by atoms with Crippen LogP contribution in [-0.2, 0) is 9.59 Å². The van der Waals surface area contributed by atoms with Gasteiger partial charge >= 0.3 is 0 Å². The number of carbonyl (C=O) groups excluding carboxylic acids is 2. The molecule has 4 heteroatoms. The molecule has 4 nitrogen and oxygen atoms in total. The quantitative estimate of drug-likeness (QED) is 0.571. The van der Waals surface area contributed by atoms with Crippen molar-refractivity contribution in [1.29, 1.82) is 0 Å². The average molecular weight is 290 g/mol. The maximum absolute atomic E-state index is 10.4. The average Bonchev–Trinajstić information content (AvgIpc) is 2.48. The first kappa shape index (κ1) is 16.1. The molecule has 0 radical (unpaired) electrons. The van der Waals surface area contributed by atoms with Crippen LogP contribution < -0.4 is 0 Å². The number of rotatable bonds is 5. The number of nitrogens with zero attached hydrogens (tertiary/aromatic N) is 2. The molecule has 2 saturated carbocycles. The molecule has 0 aromatic carbocycles. The fraction of sp³-hybridized carbons (Fsp3) is 0.882. The number of isocyanates is 2. The smallest absolute Gasteiger partial charge is 0.211 e. The topological polar surface area (TPSA) is 58.9 Å². The largest absolute Gasteiger partial charge is 0.235 e. The fourth-order valence-corrected chi connectivity index (χ4v) is 4.30. The van der Waals surface area contributed by atoms with Gasteiger partial charge in [0.15, 0.2) is 0 Å². The van der Waals surface area contributed by atoms with Gasteiger partial charge in [0.25, 0.3) is 0 Å².